The van der Waals surface area contributed by atoms with E-state index in [0.717, 1.165) is 21.8 Å². The third-order valence-electron chi connectivity index (χ3n) is 5.47. The number of aliphatic hydroxyl groups excluding tert-OH is 1. The number of nitrogens with zero attached hydrogens (tertiary/aromatic N) is 1. The van der Waals surface area contributed by atoms with E-state index in [9.17, 15) is 9.59 Å². The van der Waals surface area contributed by atoms with E-state index in [1.54, 1.807) is 12.1 Å². The minimum atomic E-state index is -0.424. The number of amides is 2. The van der Waals surface area contributed by atoms with Crippen LogP contribution in [0.3, 0.4) is 0 Å². The van der Waals surface area contributed by atoms with Gasteiger partial charge in [-0.1, -0.05) is 29.8 Å². The maximum atomic E-state index is 12.8. The first-order valence-corrected chi connectivity index (χ1v) is 9.82. The summed E-state index contributed by atoms with van der Waals surface area (Å²) in [6, 6.07) is 14.7. The second kappa shape index (κ2) is 6.86. The molecule has 0 unspecified atom stereocenters. The molecule has 150 valence electrons. The zero-order chi connectivity index (χ0) is 21.0. The van der Waals surface area contributed by atoms with Crippen LogP contribution < -0.4 is 10.1 Å². The first kappa shape index (κ1) is 18.7. The minimum absolute atomic E-state index is 0.0792. The zero-order valence-electron chi connectivity index (χ0n) is 16.0. The topological polar surface area (TPSA) is 80.6 Å². The van der Waals surface area contributed by atoms with Gasteiger partial charge in [0.25, 0.3) is 11.8 Å². The number of aryl methyl sites for hydroxylation is 1. The van der Waals surface area contributed by atoms with E-state index in [2.05, 4.69) is 5.32 Å². The van der Waals surface area contributed by atoms with Gasteiger partial charge in [-0.05, 0) is 29.8 Å². The van der Waals surface area contributed by atoms with Crippen LogP contribution in [0.4, 0.5) is 0 Å². The fourth-order valence-electron chi connectivity index (χ4n) is 4.17. The molecule has 4 aromatic rings. The summed E-state index contributed by atoms with van der Waals surface area (Å²) in [7, 11) is 1.90. The molecule has 6 nitrogen and oxygen atoms in total. The third kappa shape index (κ3) is 2.61. The first-order chi connectivity index (χ1) is 14.5. The van der Waals surface area contributed by atoms with Crippen LogP contribution in [0.5, 0.6) is 5.75 Å². The van der Waals surface area contributed by atoms with Gasteiger partial charge in [0, 0.05) is 34.5 Å². The van der Waals surface area contributed by atoms with Crippen molar-refractivity contribution in [2.45, 2.75) is 0 Å². The largest absolute Gasteiger partial charge is 0.491 e. The summed E-state index contributed by atoms with van der Waals surface area (Å²) in [5, 5.41) is 13.5. The molecular weight excluding hydrogens is 404 g/mol. The molecule has 0 saturated carbocycles. The van der Waals surface area contributed by atoms with Crippen LogP contribution in [0.1, 0.15) is 20.7 Å². The number of imide groups is 1. The molecule has 1 aromatic heterocycles. The van der Waals surface area contributed by atoms with Crippen molar-refractivity contribution in [1.82, 2.24) is 9.88 Å². The number of carbonyl (C=O) groups excluding carboxylic acids is 2. The number of benzene rings is 3. The average molecular weight is 421 g/mol. The molecule has 0 fully saturated rings. The number of nitrogens with one attached hydrogen (secondary N) is 1. The summed E-state index contributed by atoms with van der Waals surface area (Å²) < 4.78 is 7.51. The van der Waals surface area contributed by atoms with Gasteiger partial charge < -0.3 is 14.4 Å². The lowest BCUT2D eigenvalue weighted by Gasteiger charge is -2.10. The quantitative estimate of drug-likeness (QED) is 0.490. The lowest BCUT2D eigenvalue weighted by atomic mass is 9.93. The highest BCUT2D eigenvalue weighted by molar-refractivity contribution is 6.36. The van der Waals surface area contributed by atoms with Gasteiger partial charge in [-0.15, -0.1) is 0 Å². The van der Waals surface area contributed by atoms with Gasteiger partial charge in [0.2, 0.25) is 0 Å². The van der Waals surface area contributed by atoms with Gasteiger partial charge in [-0.25, -0.2) is 0 Å². The van der Waals surface area contributed by atoms with E-state index >= 15 is 0 Å². The van der Waals surface area contributed by atoms with E-state index in [1.807, 2.05) is 48.0 Å². The van der Waals surface area contributed by atoms with Gasteiger partial charge >= 0.3 is 0 Å². The monoisotopic (exact) mass is 420 g/mol. The number of halogens is 1. The Morgan fingerprint density at radius 2 is 1.77 bits per heavy atom. The van der Waals surface area contributed by atoms with E-state index in [0.29, 0.717) is 33.0 Å². The first-order valence-electron chi connectivity index (χ1n) is 9.44. The maximum Gasteiger partial charge on any atom is 0.259 e. The fourth-order valence-corrected chi connectivity index (χ4v) is 4.41. The van der Waals surface area contributed by atoms with Crippen LogP contribution >= 0.6 is 11.6 Å². The number of aromatic nitrogens is 1. The third-order valence-corrected chi connectivity index (χ3v) is 5.80. The van der Waals surface area contributed by atoms with Gasteiger partial charge in [-0.2, -0.15) is 0 Å². The number of hydrogen-bond donors (Lipinski definition) is 2. The van der Waals surface area contributed by atoms with Crippen LogP contribution in [0.15, 0.2) is 48.5 Å². The molecule has 0 spiro atoms. The Bertz CT molecular complexity index is 1370. The molecule has 2 N–H and O–H groups in total. The number of aliphatic hydroxyl groups is 1. The molecular formula is C23H17ClN2O4. The molecule has 30 heavy (non-hydrogen) atoms. The second-order valence-electron chi connectivity index (χ2n) is 7.14. The predicted octanol–water partition coefficient (Wildman–Crippen LogP) is 3.91. The Hall–Kier alpha value is -3.35. The summed E-state index contributed by atoms with van der Waals surface area (Å²) in [5.41, 5.74) is 3.68. The smallest absolute Gasteiger partial charge is 0.259 e. The minimum Gasteiger partial charge on any atom is -0.491 e. The average Bonchev–Trinajstić information content (AvgIpc) is 3.20. The Morgan fingerprint density at radius 1 is 1.00 bits per heavy atom. The van der Waals surface area contributed by atoms with Crippen molar-refractivity contribution in [3.63, 3.8) is 0 Å². The van der Waals surface area contributed by atoms with E-state index in [1.165, 1.54) is 0 Å². The molecule has 0 saturated heterocycles. The van der Waals surface area contributed by atoms with Gasteiger partial charge in [0.1, 0.15) is 12.4 Å². The van der Waals surface area contributed by atoms with Crippen LogP contribution in [0.2, 0.25) is 5.02 Å². The Balaban J connectivity index is 1.89. The SMILES string of the molecule is Cn1c2cc(OCCO)ccc2c2c3c(c(-c4ccccc4Cl)cc21)C(=O)NC3=O. The van der Waals surface area contributed by atoms with Crippen molar-refractivity contribution >= 4 is 45.2 Å². The predicted molar refractivity (Wildman–Crippen MR) is 115 cm³/mol. The Morgan fingerprint density at radius 3 is 2.53 bits per heavy atom. The van der Waals surface area contributed by atoms with Gasteiger partial charge in [0.15, 0.2) is 0 Å². The van der Waals surface area contributed by atoms with Crippen molar-refractivity contribution in [3.8, 4) is 16.9 Å². The molecule has 0 radical (unpaired) electrons. The Labute approximate surface area is 176 Å². The second-order valence-corrected chi connectivity index (χ2v) is 7.55. The van der Waals surface area contributed by atoms with Crippen LogP contribution in [-0.4, -0.2) is 34.7 Å². The van der Waals surface area contributed by atoms with Gasteiger partial charge in [0.05, 0.1) is 28.8 Å². The van der Waals surface area contributed by atoms with Crippen molar-refractivity contribution in [1.29, 1.82) is 0 Å². The fraction of sp³-hybridized carbons (Fsp3) is 0.130. The van der Waals surface area contributed by atoms with Crippen LogP contribution in [0, 0.1) is 0 Å². The normalized spacial score (nSPS) is 13.2. The highest BCUT2D eigenvalue weighted by Gasteiger charge is 2.34. The summed E-state index contributed by atoms with van der Waals surface area (Å²) in [4.78, 5) is 25.5. The van der Waals surface area contributed by atoms with Gasteiger partial charge in [-0.3, -0.25) is 14.9 Å². The molecule has 5 rings (SSSR count). The van der Waals surface area contributed by atoms with E-state index < -0.39 is 11.8 Å². The molecule has 0 bridgehead atoms. The molecule has 1 aliphatic rings. The zero-order valence-corrected chi connectivity index (χ0v) is 16.8. The highest BCUT2D eigenvalue weighted by Crippen LogP contribution is 2.42. The molecule has 2 amide bonds. The summed E-state index contributed by atoms with van der Waals surface area (Å²) in [5.74, 6) is -0.223. The van der Waals surface area contributed by atoms with Crippen molar-refractivity contribution in [2.75, 3.05) is 13.2 Å². The number of hydrogen-bond acceptors (Lipinski definition) is 4. The highest BCUT2D eigenvalue weighted by atomic mass is 35.5. The van der Waals surface area contributed by atoms with Crippen molar-refractivity contribution < 1.29 is 19.4 Å². The summed E-state index contributed by atoms with van der Waals surface area (Å²) in [6.07, 6.45) is 0. The van der Waals surface area contributed by atoms with Crippen LogP contribution in [0.25, 0.3) is 32.9 Å². The van der Waals surface area contributed by atoms with Crippen molar-refractivity contribution in [2.24, 2.45) is 7.05 Å². The standard InChI is InChI=1S/C23H17ClN2O4/c1-26-17-10-12(30-9-8-27)6-7-14(17)19-18(26)11-15(13-4-2-3-5-16(13)24)20-21(19)23(29)25-22(20)28/h2-7,10-11,27H,8-9H2,1H3,(H,25,28,29). The van der Waals surface area contributed by atoms with Crippen molar-refractivity contribution in [3.05, 3.63) is 64.7 Å². The lowest BCUT2D eigenvalue weighted by Crippen LogP contribution is -2.20. The molecule has 1 aliphatic heterocycles. The maximum absolute atomic E-state index is 12.8. The van der Waals surface area contributed by atoms with E-state index in [-0.39, 0.29) is 13.2 Å². The molecule has 0 aliphatic carbocycles. The molecule has 3 aromatic carbocycles. The van der Waals surface area contributed by atoms with E-state index in [4.69, 9.17) is 21.4 Å². The number of carbonyl (C=O) groups is 2. The molecule has 2 heterocycles. The summed E-state index contributed by atoms with van der Waals surface area (Å²) >= 11 is 6.42. The molecule has 0 atom stereocenters. The number of ether oxygens (including phenoxy) is 1. The number of rotatable bonds is 4. The van der Waals surface area contributed by atoms with Crippen LogP contribution in [-0.2, 0) is 7.05 Å². The molecule has 7 heteroatoms. The number of fused-ring (bicyclic) bond motifs is 5. The lowest BCUT2D eigenvalue weighted by molar-refractivity contribution is 0.0880. The summed E-state index contributed by atoms with van der Waals surface area (Å²) in [6.45, 7) is 0.114. The Kier molecular flexibility index (Phi) is 4.27.